The summed E-state index contributed by atoms with van der Waals surface area (Å²) in [5, 5.41) is 0. The lowest BCUT2D eigenvalue weighted by Gasteiger charge is -2.23. The van der Waals surface area contributed by atoms with E-state index in [-0.39, 0.29) is 0 Å². The smallest absolute Gasteiger partial charge is 0.0740 e. The number of nitrogens with two attached hydrogens (primary N) is 1. The highest BCUT2D eigenvalue weighted by Gasteiger charge is 2.07. The van der Waals surface area contributed by atoms with Crippen molar-refractivity contribution in [3.8, 4) is 0 Å². The molecule has 0 aliphatic heterocycles. The second-order valence-electron chi connectivity index (χ2n) is 4.26. The summed E-state index contributed by atoms with van der Waals surface area (Å²) < 4.78 is 5.05. The number of thiocarbonyl (C=S) groups is 1. The highest BCUT2D eigenvalue weighted by molar-refractivity contribution is 7.80. The summed E-state index contributed by atoms with van der Waals surface area (Å²) in [6, 6.07) is 0. The van der Waals surface area contributed by atoms with Crippen LogP contribution in [0.5, 0.6) is 0 Å². The van der Waals surface area contributed by atoms with Gasteiger partial charge in [0.2, 0.25) is 0 Å². The molecule has 0 fully saturated rings. The molecule has 0 unspecified atom stereocenters. The van der Waals surface area contributed by atoms with E-state index in [1.165, 1.54) is 0 Å². The second-order valence-corrected chi connectivity index (χ2v) is 4.78. The Morgan fingerprint density at radius 3 is 2.53 bits per heavy atom. The summed E-state index contributed by atoms with van der Waals surface area (Å²) in [4.78, 5) is 3.01. The van der Waals surface area contributed by atoms with E-state index in [1.807, 2.05) is 0 Å². The fourth-order valence-electron chi connectivity index (χ4n) is 1.51. The molecule has 3 nitrogen and oxygen atoms in total. The maximum Gasteiger partial charge on any atom is 0.0740 e. The Hall–Kier alpha value is -0.190. The van der Waals surface area contributed by atoms with Crippen LogP contribution in [0.2, 0.25) is 0 Å². The van der Waals surface area contributed by atoms with Crippen molar-refractivity contribution >= 4 is 17.2 Å². The van der Waals surface area contributed by atoms with Crippen LogP contribution >= 0.6 is 12.2 Å². The molecule has 15 heavy (non-hydrogen) atoms. The van der Waals surface area contributed by atoms with Crippen molar-refractivity contribution in [2.45, 2.75) is 26.7 Å². The Morgan fingerprint density at radius 1 is 1.40 bits per heavy atom. The first-order chi connectivity index (χ1) is 7.06. The molecule has 2 N–H and O–H groups in total. The van der Waals surface area contributed by atoms with Crippen molar-refractivity contribution in [3.63, 3.8) is 0 Å². The van der Waals surface area contributed by atoms with Gasteiger partial charge < -0.3 is 15.4 Å². The molecular formula is C11H24N2OS. The van der Waals surface area contributed by atoms with Gasteiger partial charge in [-0.05, 0) is 12.3 Å². The van der Waals surface area contributed by atoms with Crippen LogP contribution in [-0.4, -0.2) is 43.2 Å². The van der Waals surface area contributed by atoms with Crippen LogP contribution in [0.3, 0.4) is 0 Å². The topological polar surface area (TPSA) is 38.5 Å². The summed E-state index contributed by atoms with van der Waals surface area (Å²) in [5.74, 6) is 0.680. The zero-order chi connectivity index (χ0) is 11.7. The zero-order valence-corrected chi connectivity index (χ0v) is 11.0. The maximum atomic E-state index is 5.51. The highest BCUT2D eigenvalue weighted by Crippen LogP contribution is 2.01. The third-order valence-electron chi connectivity index (χ3n) is 2.12. The van der Waals surface area contributed by atoms with E-state index < -0.39 is 0 Å². The molecular weight excluding hydrogens is 208 g/mol. The molecule has 0 aromatic heterocycles. The van der Waals surface area contributed by atoms with Gasteiger partial charge >= 0.3 is 0 Å². The molecule has 0 aromatic rings. The minimum absolute atomic E-state index is 0.607. The van der Waals surface area contributed by atoms with Crippen molar-refractivity contribution in [1.82, 2.24) is 4.90 Å². The van der Waals surface area contributed by atoms with Gasteiger partial charge in [0.1, 0.15) is 0 Å². The SMILES string of the molecule is COCCCN(CCC(N)=S)CC(C)C. The van der Waals surface area contributed by atoms with E-state index in [9.17, 15) is 0 Å². The largest absolute Gasteiger partial charge is 0.393 e. The van der Waals surface area contributed by atoms with E-state index in [2.05, 4.69) is 18.7 Å². The number of nitrogens with zero attached hydrogens (tertiary/aromatic N) is 1. The van der Waals surface area contributed by atoms with Crippen molar-refractivity contribution in [3.05, 3.63) is 0 Å². The molecule has 90 valence electrons. The number of methoxy groups -OCH3 is 1. The first-order valence-corrected chi connectivity index (χ1v) is 5.96. The van der Waals surface area contributed by atoms with Crippen LogP contribution in [0.1, 0.15) is 26.7 Å². The van der Waals surface area contributed by atoms with Gasteiger partial charge in [-0.3, -0.25) is 0 Å². The van der Waals surface area contributed by atoms with Gasteiger partial charge in [0.15, 0.2) is 0 Å². The quantitative estimate of drug-likeness (QED) is 0.485. The molecule has 0 amide bonds. The molecule has 0 heterocycles. The normalized spacial score (nSPS) is 11.3. The fraction of sp³-hybridized carbons (Fsp3) is 0.909. The van der Waals surface area contributed by atoms with Crippen molar-refractivity contribution in [2.24, 2.45) is 11.7 Å². The Labute approximate surface area is 99.0 Å². The Morgan fingerprint density at radius 2 is 2.07 bits per heavy atom. The van der Waals surface area contributed by atoms with Crippen molar-refractivity contribution in [2.75, 3.05) is 33.4 Å². The van der Waals surface area contributed by atoms with Crippen molar-refractivity contribution < 1.29 is 4.74 Å². The predicted molar refractivity (Wildman–Crippen MR) is 69.2 cm³/mol. The lowest BCUT2D eigenvalue weighted by Crippen LogP contribution is -2.32. The fourth-order valence-corrected chi connectivity index (χ4v) is 1.60. The van der Waals surface area contributed by atoms with Gasteiger partial charge in [0.25, 0.3) is 0 Å². The highest BCUT2D eigenvalue weighted by atomic mass is 32.1. The predicted octanol–water partition coefficient (Wildman–Crippen LogP) is 1.66. The molecule has 0 saturated carbocycles. The molecule has 0 rings (SSSR count). The van der Waals surface area contributed by atoms with Gasteiger partial charge in [-0.15, -0.1) is 0 Å². The molecule has 0 bridgehead atoms. The van der Waals surface area contributed by atoms with Gasteiger partial charge in [-0.25, -0.2) is 0 Å². The molecule has 0 aromatic carbocycles. The van der Waals surface area contributed by atoms with E-state index in [1.54, 1.807) is 7.11 Å². The summed E-state index contributed by atoms with van der Waals surface area (Å²) in [5.41, 5.74) is 5.51. The third kappa shape index (κ3) is 10.1. The summed E-state index contributed by atoms with van der Waals surface area (Å²) in [7, 11) is 1.74. The minimum atomic E-state index is 0.607. The van der Waals surface area contributed by atoms with Crippen LogP contribution in [0.25, 0.3) is 0 Å². The monoisotopic (exact) mass is 232 g/mol. The van der Waals surface area contributed by atoms with E-state index in [0.29, 0.717) is 10.9 Å². The first kappa shape index (κ1) is 14.8. The van der Waals surface area contributed by atoms with E-state index in [4.69, 9.17) is 22.7 Å². The molecule has 4 heteroatoms. The molecule has 0 saturated heterocycles. The Bertz CT molecular complexity index is 174. The van der Waals surface area contributed by atoms with Crippen LogP contribution in [0.15, 0.2) is 0 Å². The average Bonchev–Trinajstić information content (AvgIpc) is 2.13. The standard InChI is InChI=1S/C11H24N2OS/c1-10(2)9-13(6-4-8-14-3)7-5-11(12)15/h10H,4-9H2,1-3H3,(H2,12,15). The van der Waals surface area contributed by atoms with Gasteiger partial charge in [0.05, 0.1) is 4.99 Å². The van der Waals surface area contributed by atoms with Gasteiger partial charge in [-0.1, -0.05) is 26.1 Å². The van der Waals surface area contributed by atoms with Crippen LogP contribution in [0.4, 0.5) is 0 Å². The lowest BCUT2D eigenvalue weighted by molar-refractivity contribution is 0.167. The molecule has 0 aliphatic rings. The minimum Gasteiger partial charge on any atom is -0.393 e. The molecule has 0 spiro atoms. The third-order valence-corrected chi connectivity index (χ3v) is 2.32. The lowest BCUT2D eigenvalue weighted by atomic mass is 10.2. The zero-order valence-electron chi connectivity index (χ0n) is 10.2. The number of hydrogen-bond donors (Lipinski definition) is 1. The molecule has 0 aliphatic carbocycles. The Balaban J connectivity index is 3.78. The summed E-state index contributed by atoms with van der Waals surface area (Å²) in [6.45, 7) is 8.41. The first-order valence-electron chi connectivity index (χ1n) is 5.55. The number of rotatable bonds is 9. The van der Waals surface area contributed by atoms with Crippen LogP contribution < -0.4 is 5.73 Å². The Kier molecular flexibility index (Phi) is 8.95. The van der Waals surface area contributed by atoms with Gasteiger partial charge in [-0.2, -0.15) is 0 Å². The second kappa shape index (κ2) is 9.07. The molecule has 0 atom stereocenters. The average molecular weight is 232 g/mol. The number of ether oxygens (including phenoxy) is 1. The number of hydrogen-bond acceptors (Lipinski definition) is 3. The van der Waals surface area contributed by atoms with Crippen LogP contribution in [0, 0.1) is 5.92 Å². The molecule has 0 radical (unpaired) electrons. The van der Waals surface area contributed by atoms with Gasteiger partial charge in [0, 0.05) is 39.8 Å². The van der Waals surface area contributed by atoms with Crippen LogP contribution in [-0.2, 0) is 4.74 Å². The van der Waals surface area contributed by atoms with E-state index in [0.717, 1.165) is 39.1 Å². The van der Waals surface area contributed by atoms with Crippen molar-refractivity contribution in [1.29, 1.82) is 0 Å². The summed E-state index contributed by atoms with van der Waals surface area (Å²) in [6.07, 6.45) is 1.88. The summed E-state index contributed by atoms with van der Waals surface area (Å²) >= 11 is 4.89. The van der Waals surface area contributed by atoms with E-state index >= 15 is 0 Å². The maximum absolute atomic E-state index is 5.51.